The lowest BCUT2D eigenvalue weighted by Crippen LogP contribution is -2.14. The molecule has 0 N–H and O–H groups in total. The summed E-state index contributed by atoms with van der Waals surface area (Å²) in [6.07, 6.45) is 0. The third kappa shape index (κ3) is 5.57. The molecule has 7 heterocycles. The Hall–Kier alpha value is -11.8. The molecule has 0 unspecified atom stereocenters. The first-order chi connectivity index (χ1) is 41.1. The number of fused-ring (bicyclic) bond motifs is 24. The van der Waals surface area contributed by atoms with Crippen LogP contribution in [0, 0.1) is 22.7 Å². The summed E-state index contributed by atoms with van der Waals surface area (Å²) in [6, 6.07) is 82.2. The van der Waals surface area contributed by atoms with Gasteiger partial charge in [0.05, 0.1) is 61.3 Å². The van der Waals surface area contributed by atoms with Gasteiger partial charge in [0.15, 0.2) is 16.7 Å². The van der Waals surface area contributed by atoms with E-state index in [9.17, 15) is 10.5 Å². The van der Waals surface area contributed by atoms with Gasteiger partial charge in [-0.15, -0.1) is 0 Å². The normalized spacial score (nSPS) is 12.3. The van der Waals surface area contributed by atoms with E-state index in [0.29, 0.717) is 56.1 Å². The van der Waals surface area contributed by atoms with Gasteiger partial charge in [0.1, 0.15) is 40.1 Å². The quantitative estimate of drug-likeness (QED) is 0.173. The van der Waals surface area contributed by atoms with Crippen LogP contribution in [-0.4, -0.2) is 13.7 Å². The van der Waals surface area contributed by atoms with Crippen molar-refractivity contribution in [3.63, 3.8) is 0 Å². The van der Waals surface area contributed by atoms with Crippen LogP contribution in [0.4, 0.5) is 0 Å². The van der Waals surface area contributed by atoms with Gasteiger partial charge < -0.3 is 31.4 Å². The van der Waals surface area contributed by atoms with Gasteiger partial charge in [0.2, 0.25) is 0 Å². The van der Waals surface area contributed by atoms with Crippen molar-refractivity contribution in [1.29, 1.82) is 10.5 Å². The lowest BCUT2D eigenvalue weighted by molar-refractivity contribution is 0.669. The molecule has 0 radical (unpaired) electrons. The Kier molecular flexibility index (Phi) is 8.48. The molecule has 19 rings (SSSR count). The summed E-state index contributed by atoms with van der Waals surface area (Å²) in [7, 11) is 0. The number of hydrogen-bond acceptors (Lipinski definition) is 6. The first kappa shape index (κ1) is 44.1. The van der Waals surface area contributed by atoms with Crippen LogP contribution in [0.25, 0.3) is 181 Å². The van der Waals surface area contributed by atoms with Crippen molar-refractivity contribution in [1.82, 2.24) is 13.7 Å². The van der Waals surface area contributed by atoms with Gasteiger partial charge in [-0.3, -0.25) is 0 Å². The molecule has 0 saturated heterocycles. The molecule has 0 amide bonds. The molecule has 0 bridgehead atoms. The number of furan rings is 4. The van der Waals surface area contributed by atoms with Crippen molar-refractivity contribution in [3.05, 3.63) is 236 Å². The number of benzene rings is 12. The third-order valence-electron chi connectivity index (χ3n) is 17.5. The molecule has 0 aliphatic carbocycles. The first-order valence-electron chi connectivity index (χ1n) is 27.6. The van der Waals surface area contributed by atoms with Gasteiger partial charge in [-0.1, -0.05) is 164 Å². The second-order valence-corrected chi connectivity index (χ2v) is 21.5. The Morgan fingerprint density at radius 2 is 0.554 bits per heavy atom. The second-order valence-electron chi connectivity index (χ2n) is 21.5. The van der Waals surface area contributed by atoms with Crippen molar-refractivity contribution in [2.45, 2.75) is 0 Å². The molecule has 7 aromatic heterocycles. The van der Waals surface area contributed by atoms with Crippen LogP contribution in [0.15, 0.2) is 242 Å². The van der Waals surface area contributed by atoms with Crippen molar-refractivity contribution < 1.29 is 17.7 Å². The van der Waals surface area contributed by atoms with Crippen LogP contribution >= 0.6 is 0 Å². The van der Waals surface area contributed by atoms with Gasteiger partial charge in [0.25, 0.3) is 0 Å². The molecule has 12 aromatic carbocycles. The summed E-state index contributed by atoms with van der Waals surface area (Å²) in [6.45, 7) is 0. The summed E-state index contributed by atoms with van der Waals surface area (Å²) in [5, 5.41) is 38.4. The van der Waals surface area contributed by atoms with Crippen molar-refractivity contribution >= 4 is 153 Å². The van der Waals surface area contributed by atoms with E-state index in [-0.39, 0.29) is 11.1 Å². The molecule has 0 atom stereocenters. The van der Waals surface area contributed by atoms with Crippen LogP contribution in [0.1, 0.15) is 11.1 Å². The molecule has 0 aliphatic rings. The average Bonchev–Trinajstić information content (AvgIpc) is 1.80. The molecule has 9 nitrogen and oxygen atoms in total. The Morgan fingerprint density at radius 1 is 0.253 bits per heavy atom. The van der Waals surface area contributed by atoms with E-state index >= 15 is 0 Å². The predicted molar refractivity (Wildman–Crippen MR) is 333 cm³/mol. The number of nitrogens with zero attached hydrogens (tertiary/aromatic N) is 5. The number of aromatic nitrogens is 3. The average molecular weight is 1060 g/mol. The topological polar surface area (TPSA) is 115 Å². The maximum Gasteiger partial charge on any atom is 0.160 e. The molecule has 0 saturated carbocycles. The lowest BCUT2D eigenvalue weighted by atomic mass is 9.90. The molecular weight excluding hydrogens is 1020 g/mol. The molecule has 9 heteroatoms. The van der Waals surface area contributed by atoms with Gasteiger partial charge in [-0.2, -0.15) is 10.5 Å². The number of para-hydroxylation sites is 8. The Labute approximate surface area is 468 Å². The monoisotopic (exact) mass is 1060 g/mol. The van der Waals surface area contributed by atoms with Crippen LogP contribution in [0.5, 0.6) is 0 Å². The zero-order valence-corrected chi connectivity index (χ0v) is 43.7. The van der Waals surface area contributed by atoms with Crippen molar-refractivity contribution in [2.75, 3.05) is 0 Å². The molecule has 0 aliphatic heterocycles. The molecule has 382 valence electrons. The summed E-state index contributed by atoms with van der Waals surface area (Å²) < 4.78 is 35.2. The standard InChI is InChI=1S/C74H37N5O4/c75-38-55-56(39-76)66(78-58-26-9-2-17-41(58)48-33-36-52-45-21-6-13-30-62(45)82-73(52)68(48)78)70(79-59-27-10-3-18-42(59)49-34-37-53-46-22-7-14-31-63(46)83-74(53)69(49)79)64(54-24-15-23-50-43-19-4-11-28-60(43)80-71(50)54)65(55)77-57-25-8-1-16-40(57)47-32-35-51-44-20-5-12-29-61(44)81-72(51)67(47)77/h1-37H. The largest absolute Gasteiger partial charge is 0.455 e. The zero-order chi connectivity index (χ0) is 54.3. The highest BCUT2D eigenvalue weighted by molar-refractivity contribution is 6.27. The van der Waals surface area contributed by atoms with E-state index in [1.54, 1.807) is 0 Å². The van der Waals surface area contributed by atoms with E-state index in [4.69, 9.17) is 17.7 Å². The maximum atomic E-state index is 12.6. The molecule has 19 aromatic rings. The summed E-state index contributed by atoms with van der Waals surface area (Å²) >= 11 is 0. The Balaban J connectivity index is 1.15. The molecule has 0 spiro atoms. The Bertz CT molecular complexity index is 6230. The minimum atomic E-state index is 0.152. The fourth-order valence-electron chi connectivity index (χ4n) is 14.2. The highest BCUT2D eigenvalue weighted by atomic mass is 16.3. The molecule has 0 fully saturated rings. The fourth-order valence-corrected chi connectivity index (χ4v) is 14.2. The molecular formula is C74H37N5O4. The summed E-state index contributed by atoms with van der Waals surface area (Å²) in [5.41, 5.74) is 13.5. The zero-order valence-electron chi connectivity index (χ0n) is 43.7. The van der Waals surface area contributed by atoms with Gasteiger partial charge >= 0.3 is 0 Å². The predicted octanol–water partition coefficient (Wildman–Crippen LogP) is 20.0. The summed E-state index contributed by atoms with van der Waals surface area (Å²) in [5.74, 6) is 0. The van der Waals surface area contributed by atoms with Crippen LogP contribution < -0.4 is 0 Å². The van der Waals surface area contributed by atoms with E-state index in [0.717, 1.165) is 125 Å². The molecule has 83 heavy (non-hydrogen) atoms. The van der Waals surface area contributed by atoms with Crippen LogP contribution in [0.2, 0.25) is 0 Å². The minimum absolute atomic E-state index is 0.152. The van der Waals surface area contributed by atoms with Crippen molar-refractivity contribution in [3.8, 4) is 40.3 Å². The van der Waals surface area contributed by atoms with Crippen LogP contribution in [0.3, 0.4) is 0 Å². The van der Waals surface area contributed by atoms with E-state index < -0.39 is 0 Å². The summed E-state index contributed by atoms with van der Waals surface area (Å²) in [4.78, 5) is 0. The number of nitriles is 2. The smallest absolute Gasteiger partial charge is 0.160 e. The Morgan fingerprint density at radius 3 is 0.964 bits per heavy atom. The van der Waals surface area contributed by atoms with E-state index in [1.807, 2.05) is 97.1 Å². The van der Waals surface area contributed by atoms with Crippen molar-refractivity contribution in [2.24, 2.45) is 0 Å². The lowest BCUT2D eigenvalue weighted by Gasteiger charge is -2.26. The minimum Gasteiger partial charge on any atom is -0.455 e. The second kappa shape index (κ2) is 16.0. The van der Waals surface area contributed by atoms with Gasteiger partial charge in [0, 0.05) is 86.5 Å². The first-order valence-corrected chi connectivity index (χ1v) is 27.6. The van der Waals surface area contributed by atoms with Gasteiger partial charge in [-0.25, -0.2) is 0 Å². The van der Waals surface area contributed by atoms with Crippen LogP contribution in [-0.2, 0) is 0 Å². The highest BCUT2D eigenvalue weighted by Gasteiger charge is 2.36. The third-order valence-corrected chi connectivity index (χ3v) is 17.5. The SMILES string of the molecule is N#Cc1c(C#N)c(-n2c3ccccc3c3ccc4c5ccccc5oc4c32)c(-n2c3ccccc3c3ccc4c5ccccc5oc4c32)c(-c2cccc3c2oc2ccccc23)c1-n1c2ccccc2c2ccc3c4ccccc4oc3c21. The van der Waals surface area contributed by atoms with E-state index in [2.05, 4.69) is 153 Å². The highest BCUT2D eigenvalue weighted by Crippen LogP contribution is 2.54. The van der Waals surface area contributed by atoms with E-state index in [1.165, 1.54) is 0 Å². The number of rotatable bonds is 4. The van der Waals surface area contributed by atoms with Gasteiger partial charge in [-0.05, 0) is 60.7 Å². The maximum absolute atomic E-state index is 12.6. The number of hydrogen-bond donors (Lipinski definition) is 0. The fraction of sp³-hybridized carbons (Fsp3) is 0.